The summed E-state index contributed by atoms with van der Waals surface area (Å²) >= 11 is 0. The third-order valence-corrected chi connectivity index (χ3v) is 4.39. The summed E-state index contributed by atoms with van der Waals surface area (Å²) in [6.07, 6.45) is 3.84. The van der Waals surface area contributed by atoms with E-state index < -0.39 is 0 Å². The number of nitrogens with zero attached hydrogens (tertiary/aromatic N) is 2. The van der Waals surface area contributed by atoms with Gasteiger partial charge in [0.25, 0.3) is 5.91 Å². The molecule has 0 bridgehead atoms. The van der Waals surface area contributed by atoms with Gasteiger partial charge in [0.2, 0.25) is 0 Å². The molecule has 0 unspecified atom stereocenters. The van der Waals surface area contributed by atoms with E-state index in [1.807, 2.05) is 7.05 Å². The van der Waals surface area contributed by atoms with Crippen molar-refractivity contribution in [2.24, 2.45) is 12.5 Å². The fourth-order valence-corrected chi connectivity index (χ4v) is 3.11. The molecule has 1 aromatic heterocycles. The fourth-order valence-electron chi connectivity index (χ4n) is 3.11. The SMILES string of the molecule is COCC1(CNC(=O)c2cn(C)nc2C(C)C)CCNCC1. The van der Waals surface area contributed by atoms with Crippen LogP contribution in [0.25, 0.3) is 0 Å². The van der Waals surface area contributed by atoms with Crippen LogP contribution < -0.4 is 10.6 Å². The minimum absolute atomic E-state index is 0.0363. The molecule has 124 valence electrons. The van der Waals surface area contributed by atoms with Crippen LogP contribution in [0.4, 0.5) is 0 Å². The maximum Gasteiger partial charge on any atom is 0.254 e. The van der Waals surface area contributed by atoms with Gasteiger partial charge >= 0.3 is 0 Å². The molecule has 1 amide bonds. The van der Waals surface area contributed by atoms with E-state index in [0.29, 0.717) is 18.7 Å². The van der Waals surface area contributed by atoms with Crippen molar-refractivity contribution in [2.45, 2.75) is 32.6 Å². The summed E-state index contributed by atoms with van der Waals surface area (Å²) in [5.74, 6) is 0.194. The van der Waals surface area contributed by atoms with Gasteiger partial charge in [0, 0.05) is 32.3 Å². The number of aromatic nitrogens is 2. The molecular weight excluding hydrogens is 280 g/mol. The van der Waals surface area contributed by atoms with Crippen molar-refractivity contribution in [3.8, 4) is 0 Å². The van der Waals surface area contributed by atoms with E-state index in [1.54, 1.807) is 18.0 Å². The summed E-state index contributed by atoms with van der Waals surface area (Å²) in [6, 6.07) is 0. The van der Waals surface area contributed by atoms with Crippen LogP contribution in [0, 0.1) is 5.41 Å². The van der Waals surface area contributed by atoms with Crippen LogP contribution in [0.5, 0.6) is 0 Å². The molecule has 2 N–H and O–H groups in total. The molecule has 0 aliphatic carbocycles. The lowest BCUT2D eigenvalue weighted by Crippen LogP contribution is -2.47. The first-order valence-corrected chi connectivity index (χ1v) is 7.99. The summed E-state index contributed by atoms with van der Waals surface area (Å²) in [5.41, 5.74) is 1.57. The summed E-state index contributed by atoms with van der Waals surface area (Å²) in [4.78, 5) is 12.6. The van der Waals surface area contributed by atoms with Gasteiger partial charge in [-0.15, -0.1) is 0 Å². The molecule has 22 heavy (non-hydrogen) atoms. The average Bonchev–Trinajstić information content (AvgIpc) is 2.89. The summed E-state index contributed by atoms with van der Waals surface area (Å²) in [7, 11) is 3.57. The number of aryl methyl sites for hydroxylation is 1. The second kappa shape index (κ2) is 7.24. The number of rotatable bonds is 6. The molecule has 2 heterocycles. The molecule has 0 atom stereocenters. The van der Waals surface area contributed by atoms with Crippen LogP contribution in [-0.2, 0) is 11.8 Å². The predicted octanol–water partition coefficient (Wildman–Crippen LogP) is 1.29. The summed E-state index contributed by atoms with van der Waals surface area (Å²) < 4.78 is 7.10. The van der Waals surface area contributed by atoms with E-state index in [-0.39, 0.29) is 17.2 Å². The zero-order valence-electron chi connectivity index (χ0n) is 14.1. The van der Waals surface area contributed by atoms with Crippen molar-refractivity contribution >= 4 is 5.91 Å². The lowest BCUT2D eigenvalue weighted by atomic mass is 9.79. The number of piperidine rings is 1. The van der Waals surface area contributed by atoms with E-state index in [1.165, 1.54) is 0 Å². The number of amides is 1. The molecule has 6 heteroatoms. The number of ether oxygens (including phenoxy) is 1. The van der Waals surface area contributed by atoms with Gasteiger partial charge in [-0.2, -0.15) is 5.10 Å². The van der Waals surface area contributed by atoms with Gasteiger partial charge in [0.15, 0.2) is 0 Å². The number of nitrogens with one attached hydrogen (secondary N) is 2. The van der Waals surface area contributed by atoms with Crippen molar-refractivity contribution in [3.63, 3.8) is 0 Å². The zero-order chi connectivity index (χ0) is 16.2. The topological polar surface area (TPSA) is 68.2 Å². The molecule has 1 fully saturated rings. The Morgan fingerprint density at radius 3 is 2.77 bits per heavy atom. The van der Waals surface area contributed by atoms with E-state index in [4.69, 9.17) is 4.74 Å². The molecule has 0 spiro atoms. The van der Waals surface area contributed by atoms with Gasteiger partial charge in [-0.3, -0.25) is 9.48 Å². The highest BCUT2D eigenvalue weighted by molar-refractivity contribution is 5.95. The highest BCUT2D eigenvalue weighted by atomic mass is 16.5. The monoisotopic (exact) mass is 308 g/mol. The Hall–Kier alpha value is -1.40. The van der Waals surface area contributed by atoms with Crippen molar-refractivity contribution in [1.29, 1.82) is 0 Å². The Morgan fingerprint density at radius 2 is 2.18 bits per heavy atom. The lowest BCUT2D eigenvalue weighted by molar-refractivity contribution is 0.0511. The van der Waals surface area contributed by atoms with E-state index in [0.717, 1.165) is 31.6 Å². The Kier molecular flexibility index (Phi) is 5.58. The maximum absolute atomic E-state index is 12.6. The third-order valence-electron chi connectivity index (χ3n) is 4.39. The quantitative estimate of drug-likeness (QED) is 0.831. The molecule has 1 saturated heterocycles. The van der Waals surface area contributed by atoms with Crippen molar-refractivity contribution in [2.75, 3.05) is 33.4 Å². The number of hydrogen-bond acceptors (Lipinski definition) is 4. The molecule has 1 aromatic rings. The first kappa shape index (κ1) is 17.0. The van der Waals surface area contributed by atoms with Crippen molar-refractivity contribution < 1.29 is 9.53 Å². The smallest absolute Gasteiger partial charge is 0.254 e. The van der Waals surface area contributed by atoms with Crippen LogP contribution in [0.3, 0.4) is 0 Å². The Morgan fingerprint density at radius 1 is 1.50 bits per heavy atom. The highest BCUT2D eigenvalue weighted by Gasteiger charge is 2.33. The first-order valence-electron chi connectivity index (χ1n) is 7.99. The molecule has 2 rings (SSSR count). The normalized spacial score (nSPS) is 17.7. The van der Waals surface area contributed by atoms with Crippen LogP contribution in [0.1, 0.15) is 48.7 Å². The van der Waals surface area contributed by atoms with Crippen LogP contribution >= 0.6 is 0 Å². The molecule has 0 radical (unpaired) electrons. The Bertz CT molecular complexity index is 499. The van der Waals surface area contributed by atoms with Crippen molar-refractivity contribution in [3.05, 3.63) is 17.5 Å². The standard InChI is InChI=1S/C16H28N4O2/c1-12(2)14-13(9-20(3)19-14)15(21)18-10-16(11-22-4)5-7-17-8-6-16/h9,12,17H,5-8,10-11H2,1-4H3,(H,18,21). The fraction of sp³-hybridized carbons (Fsp3) is 0.750. The minimum atomic E-state index is -0.0363. The van der Waals surface area contributed by atoms with Gasteiger partial charge in [0.05, 0.1) is 17.9 Å². The average molecular weight is 308 g/mol. The molecule has 0 aromatic carbocycles. The number of carbonyl (C=O) groups is 1. The van der Waals surface area contributed by atoms with Crippen LogP contribution in [-0.4, -0.2) is 49.0 Å². The largest absolute Gasteiger partial charge is 0.384 e. The molecule has 0 saturated carbocycles. The maximum atomic E-state index is 12.6. The number of carbonyl (C=O) groups excluding carboxylic acids is 1. The second-order valence-electron chi connectivity index (χ2n) is 6.62. The van der Waals surface area contributed by atoms with Crippen molar-refractivity contribution in [1.82, 2.24) is 20.4 Å². The molecular formula is C16H28N4O2. The zero-order valence-corrected chi connectivity index (χ0v) is 14.1. The van der Waals surface area contributed by atoms with Gasteiger partial charge in [0.1, 0.15) is 0 Å². The number of hydrogen-bond donors (Lipinski definition) is 2. The molecule has 1 aliphatic rings. The third kappa shape index (κ3) is 3.87. The van der Waals surface area contributed by atoms with Gasteiger partial charge in [-0.1, -0.05) is 13.8 Å². The summed E-state index contributed by atoms with van der Waals surface area (Å²) in [6.45, 7) is 7.39. The summed E-state index contributed by atoms with van der Waals surface area (Å²) in [5, 5.41) is 10.9. The minimum Gasteiger partial charge on any atom is -0.384 e. The molecule has 6 nitrogen and oxygen atoms in total. The number of methoxy groups -OCH3 is 1. The van der Waals surface area contributed by atoms with Crippen LogP contribution in [0.2, 0.25) is 0 Å². The highest BCUT2D eigenvalue weighted by Crippen LogP contribution is 2.28. The van der Waals surface area contributed by atoms with Gasteiger partial charge < -0.3 is 15.4 Å². The predicted molar refractivity (Wildman–Crippen MR) is 86.0 cm³/mol. The van der Waals surface area contributed by atoms with Gasteiger partial charge in [-0.05, 0) is 31.8 Å². The first-order chi connectivity index (χ1) is 10.5. The Balaban J connectivity index is 2.05. The van der Waals surface area contributed by atoms with E-state index >= 15 is 0 Å². The Labute approximate surface area is 132 Å². The second-order valence-corrected chi connectivity index (χ2v) is 6.62. The van der Waals surface area contributed by atoms with E-state index in [9.17, 15) is 4.79 Å². The van der Waals surface area contributed by atoms with E-state index in [2.05, 4.69) is 29.6 Å². The van der Waals surface area contributed by atoms with Crippen LogP contribution in [0.15, 0.2) is 6.20 Å². The van der Waals surface area contributed by atoms with Gasteiger partial charge in [-0.25, -0.2) is 0 Å². The lowest BCUT2D eigenvalue weighted by Gasteiger charge is -2.37. The molecule has 1 aliphatic heterocycles.